The van der Waals surface area contributed by atoms with Crippen molar-refractivity contribution in [3.8, 4) is 0 Å². The standard InChI is InChI=1S/C2H4Cl2.C2H4O4S/c1-2(3)4;1-2-6-7(3,4)5/h2H,1H3;2H,1H2,(H,3,4,5). The van der Waals surface area contributed by atoms with Crippen LogP contribution in [0.3, 0.4) is 0 Å². The molecule has 0 spiro atoms. The highest BCUT2D eigenvalue weighted by Gasteiger charge is 1.96. The van der Waals surface area contributed by atoms with Crippen molar-refractivity contribution in [2.24, 2.45) is 0 Å². The monoisotopic (exact) mass is 222 g/mol. The first-order valence-electron chi connectivity index (χ1n) is 2.34. The van der Waals surface area contributed by atoms with E-state index in [9.17, 15) is 8.42 Å². The number of hydrogen-bond donors (Lipinski definition) is 1. The molecule has 1 N–H and O–H groups in total. The molecule has 11 heavy (non-hydrogen) atoms. The smallest absolute Gasteiger partial charge is 0.370 e. The minimum absolute atomic E-state index is 0.222. The van der Waals surface area contributed by atoms with Gasteiger partial charge in [-0.15, -0.1) is 23.2 Å². The molecule has 0 amide bonds. The summed E-state index contributed by atoms with van der Waals surface area (Å²) in [4.78, 5) is -0.222. The molecule has 4 nitrogen and oxygen atoms in total. The van der Waals surface area contributed by atoms with Crippen molar-refractivity contribution in [2.75, 3.05) is 0 Å². The van der Waals surface area contributed by atoms with Gasteiger partial charge in [0.15, 0.2) is 0 Å². The minimum Gasteiger partial charge on any atom is -0.370 e. The normalized spacial score (nSPS) is 9.91. The molecule has 0 unspecified atom stereocenters. The Kier molecular flexibility index (Phi) is 8.32. The third-order valence-electron chi connectivity index (χ3n) is 0.190. The zero-order valence-electron chi connectivity index (χ0n) is 5.70. The molecular weight excluding hydrogens is 215 g/mol. The Morgan fingerprint density at radius 3 is 1.91 bits per heavy atom. The zero-order valence-corrected chi connectivity index (χ0v) is 8.03. The molecule has 7 heteroatoms. The summed E-state index contributed by atoms with van der Waals surface area (Å²) in [5.74, 6) is 0. The fraction of sp³-hybridized carbons (Fsp3) is 0.500. The van der Waals surface area contributed by atoms with Crippen LogP contribution in [0, 0.1) is 0 Å². The highest BCUT2D eigenvalue weighted by Crippen LogP contribution is 1.95. The molecular formula is C4H8Cl2O4S. The van der Waals surface area contributed by atoms with E-state index in [1.165, 1.54) is 0 Å². The van der Waals surface area contributed by atoms with Gasteiger partial charge >= 0.3 is 10.4 Å². The number of halogens is 2. The van der Waals surface area contributed by atoms with Crippen LogP contribution in [-0.4, -0.2) is 17.8 Å². The molecule has 0 saturated heterocycles. The lowest BCUT2D eigenvalue weighted by atomic mass is 11.0. The predicted molar refractivity (Wildman–Crippen MR) is 44.0 cm³/mol. The van der Waals surface area contributed by atoms with Gasteiger partial charge in [0.05, 0.1) is 0 Å². The Morgan fingerprint density at radius 2 is 1.91 bits per heavy atom. The molecule has 0 fully saturated rings. The molecule has 0 rings (SSSR count). The van der Waals surface area contributed by atoms with Crippen LogP contribution in [0.2, 0.25) is 0 Å². The summed E-state index contributed by atoms with van der Waals surface area (Å²) in [5, 5.41) is 0. The number of alkyl halides is 2. The van der Waals surface area contributed by atoms with Gasteiger partial charge in [0.1, 0.15) is 11.1 Å². The average Bonchev–Trinajstić information content (AvgIpc) is 1.58. The molecule has 0 aromatic heterocycles. The third kappa shape index (κ3) is 39.8. The summed E-state index contributed by atoms with van der Waals surface area (Å²) in [6.45, 7) is 4.58. The second kappa shape index (κ2) is 6.72. The Bertz CT molecular complexity index is 184. The van der Waals surface area contributed by atoms with Crippen molar-refractivity contribution in [1.82, 2.24) is 0 Å². The van der Waals surface area contributed by atoms with Crippen LogP contribution in [0.4, 0.5) is 0 Å². The molecule has 0 aromatic carbocycles. The Morgan fingerprint density at radius 1 is 1.64 bits per heavy atom. The molecule has 0 aromatic rings. The van der Waals surface area contributed by atoms with E-state index in [1.807, 2.05) is 0 Å². The van der Waals surface area contributed by atoms with Gasteiger partial charge in [0.25, 0.3) is 0 Å². The van der Waals surface area contributed by atoms with Gasteiger partial charge in [0, 0.05) is 0 Å². The molecule has 0 saturated carbocycles. The topological polar surface area (TPSA) is 63.6 Å². The zero-order chi connectivity index (χ0) is 9.49. The minimum atomic E-state index is -4.29. The number of hydrogen-bond acceptors (Lipinski definition) is 3. The summed E-state index contributed by atoms with van der Waals surface area (Å²) >= 11 is 10.1. The second-order valence-electron chi connectivity index (χ2n) is 1.21. The van der Waals surface area contributed by atoms with E-state index in [0.29, 0.717) is 6.26 Å². The largest absolute Gasteiger partial charge is 0.445 e. The summed E-state index contributed by atoms with van der Waals surface area (Å²) in [6.07, 6.45) is 0.620. The predicted octanol–water partition coefficient (Wildman–Crippen LogP) is 1.76. The van der Waals surface area contributed by atoms with Gasteiger partial charge < -0.3 is 4.18 Å². The van der Waals surface area contributed by atoms with Gasteiger partial charge in [-0.05, 0) is 6.92 Å². The summed E-state index contributed by atoms with van der Waals surface area (Å²) < 4.78 is 30.2. The quantitative estimate of drug-likeness (QED) is 0.440. The van der Waals surface area contributed by atoms with Crippen molar-refractivity contribution >= 4 is 33.6 Å². The molecule has 0 radical (unpaired) electrons. The van der Waals surface area contributed by atoms with Crippen molar-refractivity contribution in [3.05, 3.63) is 12.8 Å². The van der Waals surface area contributed by atoms with E-state index in [4.69, 9.17) is 27.8 Å². The van der Waals surface area contributed by atoms with Crippen LogP contribution in [0.15, 0.2) is 12.8 Å². The summed E-state index contributed by atoms with van der Waals surface area (Å²) in [7, 11) is -4.29. The maximum Gasteiger partial charge on any atom is 0.445 e. The van der Waals surface area contributed by atoms with Crippen LogP contribution in [0.5, 0.6) is 0 Å². The Labute approximate surface area is 75.7 Å². The SMILES string of the molecule is C=COS(=O)(=O)O.CC(Cl)Cl. The van der Waals surface area contributed by atoms with Gasteiger partial charge in [-0.3, -0.25) is 4.55 Å². The van der Waals surface area contributed by atoms with Crippen LogP contribution in [0.1, 0.15) is 6.92 Å². The van der Waals surface area contributed by atoms with Crippen molar-refractivity contribution in [2.45, 2.75) is 11.8 Å². The highest BCUT2D eigenvalue weighted by molar-refractivity contribution is 7.81. The fourth-order valence-electron chi connectivity index (χ4n) is 0.0860. The van der Waals surface area contributed by atoms with Crippen LogP contribution < -0.4 is 0 Å². The molecule has 0 aliphatic carbocycles. The second-order valence-corrected chi connectivity index (χ2v) is 3.79. The van der Waals surface area contributed by atoms with E-state index in [0.717, 1.165) is 0 Å². The summed E-state index contributed by atoms with van der Waals surface area (Å²) in [5.41, 5.74) is 0. The maximum atomic E-state index is 9.49. The first-order chi connectivity index (χ1) is 4.79. The average molecular weight is 223 g/mol. The van der Waals surface area contributed by atoms with E-state index in [2.05, 4.69) is 10.8 Å². The van der Waals surface area contributed by atoms with Crippen molar-refractivity contribution < 1.29 is 17.2 Å². The van der Waals surface area contributed by atoms with Crippen molar-refractivity contribution in [3.63, 3.8) is 0 Å². The molecule has 0 aliphatic heterocycles. The van der Waals surface area contributed by atoms with Crippen LogP contribution in [0.25, 0.3) is 0 Å². The lowest BCUT2D eigenvalue weighted by Gasteiger charge is -1.86. The Balaban J connectivity index is 0. The molecule has 0 bridgehead atoms. The molecule has 0 aliphatic rings. The van der Waals surface area contributed by atoms with Gasteiger partial charge in [-0.2, -0.15) is 8.42 Å². The maximum absolute atomic E-state index is 9.49. The van der Waals surface area contributed by atoms with Crippen LogP contribution in [-0.2, 0) is 14.6 Å². The van der Waals surface area contributed by atoms with Gasteiger partial charge in [0.2, 0.25) is 0 Å². The van der Waals surface area contributed by atoms with Gasteiger partial charge in [-0.1, -0.05) is 6.58 Å². The third-order valence-corrected chi connectivity index (χ3v) is 0.569. The highest BCUT2D eigenvalue weighted by atomic mass is 35.5. The lowest BCUT2D eigenvalue weighted by molar-refractivity contribution is 0.357. The first-order valence-corrected chi connectivity index (χ1v) is 4.58. The molecule has 0 heterocycles. The van der Waals surface area contributed by atoms with E-state index in [-0.39, 0.29) is 4.84 Å². The number of rotatable bonds is 2. The fourth-order valence-corrected chi connectivity index (χ4v) is 0.258. The van der Waals surface area contributed by atoms with E-state index in [1.54, 1.807) is 6.92 Å². The van der Waals surface area contributed by atoms with E-state index < -0.39 is 10.4 Å². The van der Waals surface area contributed by atoms with Crippen LogP contribution >= 0.6 is 23.2 Å². The van der Waals surface area contributed by atoms with E-state index >= 15 is 0 Å². The summed E-state index contributed by atoms with van der Waals surface area (Å²) in [6, 6.07) is 0. The molecule has 0 atom stereocenters. The van der Waals surface area contributed by atoms with Crippen molar-refractivity contribution in [1.29, 1.82) is 0 Å². The van der Waals surface area contributed by atoms with Gasteiger partial charge in [-0.25, -0.2) is 0 Å². The first kappa shape index (κ1) is 13.6. The Hall–Kier alpha value is 0.0300. The lowest BCUT2D eigenvalue weighted by Crippen LogP contribution is -1.96. The molecule has 68 valence electrons.